The first-order valence-corrected chi connectivity index (χ1v) is 15.8. The van der Waals surface area contributed by atoms with Gasteiger partial charge < -0.3 is 20.8 Å². The molecule has 3 aromatic rings. The number of amides is 2. The van der Waals surface area contributed by atoms with Crippen molar-refractivity contribution in [1.82, 2.24) is 0 Å². The van der Waals surface area contributed by atoms with Crippen LogP contribution in [0.2, 0.25) is 0 Å². The molecule has 0 heterocycles. The number of carbonyl (C=O) groups is 2. The molecule has 2 amide bonds. The smallest absolute Gasteiger partial charge is 0.259 e. The zero-order valence-corrected chi connectivity index (χ0v) is 25.4. The van der Waals surface area contributed by atoms with Crippen molar-refractivity contribution in [2.75, 3.05) is 10.6 Å². The van der Waals surface area contributed by atoms with Crippen molar-refractivity contribution in [3.8, 4) is 11.5 Å². The van der Waals surface area contributed by atoms with Gasteiger partial charge in [-0.3, -0.25) is 9.59 Å². The third kappa shape index (κ3) is 10.9. The number of phenols is 2. The second-order valence-corrected chi connectivity index (χ2v) is 11.2. The molecular weight excluding hydrogens is 524 g/mol. The van der Waals surface area contributed by atoms with E-state index < -0.39 is 0 Å². The molecule has 0 saturated heterocycles. The standard InChI is InChI=1S/C36H48N2O4/c1-3-5-7-9-11-13-15-27-17-23-33(39)31(25-27)35(41)37-29-19-21-30(22-20-29)38-36(42)32-26-28(18-24-34(32)40)16-14-12-10-8-6-4-2/h17-26,39-40H,3-16H2,1-2H3,(H,37,41)(H,38,42). The maximum atomic E-state index is 12.9. The molecule has 0 aliphatic carbocycles. The number of benzene rings is 3. The van der Waals surface area contributed by atoms with Gasteiger partial charge in [-0.15, -0.1) is 0 Å². The lowest BCUT2D eigenvalue weighted by Crippen LogP contribution is -2.14. The van der Waals surface area contributed by atoms with Gasteiger partial charge in [0.05, 0.1) is 11.1 Å². The van der Waals surface area contributed by atoms with Gasteiger partial charge in [0.2, 0.25) is 0 Å². The van der Waals surface area contributed by atoms with Crippen molar-refractivity contribution >= 4 is 23.2 Å². The first-order chi connectivity index (χ1) is 20.4. The first-order valence-electron chi connectivity index (χ1n) is 15.8. The molecule has 0 bridgehead atoms. The van der Waals surface area contributed by atoms with Crippen LogP contribution in [0, 0.1) is 0 Å². The average Bonchev–Trinajstić information content (AvgIpc) is 2.99. The predicted octanol–water partition coefficient (Wildman–Crippen LogP) is 9.41. The highest BCUT2D eigenvalue weighted by Gasteiger charge is 2.15. The van der Waals surface area contributed by atoms with Crippen LogP contribution in [0.3, 0.4) is 0 Å². The second-order valence-electron chi connectivity index (χ2n) is 11.2. The van der Waals surface area contributed by atoms with Gasteiger partial charge in [0, 0.05) is 11.4 Å². The summed E-state index contributed by atoms with van der Waals surface area (Å²) in [6.07, 6.45) is 16.2. The quantitative estimate of drug-likeness (QED) is 0.114. The number of carbonyl (C=O) groups excluding carboxylic acids is 2. The van der Waals surface area contributed by atoms with Crippen LogP contribution in [-0.4, -0.2) is 22.0 Å². The highest BCUT2D eigenvalue weighted by atomic mass is 16.3. The van der Waals surface area contributed by atoms with Gasteiger partial charge in [0.25, 0.3) is 11.8 Å². The van der Waals surface area contributed by atoms with E-state index >= 15 is 0 Å². The van der Waals surface area contributed by atoms with Gasteiger partial charge >= 0.3 is 0 Å². The Morgan fingerprint density at radius 2 is 0.881 bits per heavy atom. The molecular formula is C36H48N2O4. The monoisotopic (exact) mass is 572 g/mol. The SMILES string of the molecule is CCCCCCCCc1ccc(O)c(C(=O)Nc2ccc(NC(=O)c3cc(CCCCCCCC)ccc3O)cc2)c1. The van der Waals surface area contributed by atoms with Crippen LogP contribution >= 0.6 is 0 Å². The third-order valence-corrected chi connectivity index (χ3v) is 7.65. The molecule has 0 aliphatic heterocycles. The molecule has 0 radical (unpaired) electrons. The molecule has 0 atom stereocenters. The number of unbranched alkanes of at least 4 members (excludes halogenated alkanes) is 10. The molecule has 6 heteroatoms. The number of aromatic hydroxyl groups is 2. The van der Waals surface area contributed by atoms with E-state index in [4.69, 9.17) is 0 Å². The molecule has 0 saturated carbocycles. The molecule has 0 aromatic heterocycles. The van der Waals surface area contributed by atoms with E-state index in [9.17, 15) is 19.8 Å². The van der Waals surface area contributed by atoms with E-state index in [1.807, 2.05) is 12.1 Å². The number of aryl methyl sites for hydroxylation is 2. The number of anilines is 2. The largest absolute Gasteiger partial charge is 0.507 e. The molecule has 0 aliphatic rings. The summed E-state index contributed by atoms with van der Waals surface area (Å²) in [7, 11) is 0. The Bertz CT molecular complexity index is 1170. The number of hydrogen-bond acceptors (Lipinski definition) is 4. The van der Waals surface area contributed by atoms with Crippen molar-refractivity contribution in [3.05, 3.63) is 82.9 Å². The lowest BCUT2D eigenvalue weighted by molar-refractivity contribution is 0.101. The maximum Gasteiger partial charge on any atom is 0.259 e. The Morgan fingerprint density at radius 1 is 0.524 bits per heavy atom. The Balaban J connectivity index is 1.53. The Labute approximate surface area is 251 Å². The molecule has 0 fully saturated rings. The van der Waals surface area contributed by atoms with Gasteiger partial charge in [0.1, 0.15) is 11.5 Å². The van der Waals surface area contributed by atoms with Gasteiger partial charge in [-0.05, 0) is 85.3 Å². The van der Waals surface area contributed by atoms with Gasteiger partial charge in [-0.2, -0.15) is 0 Å². The van der Waals surface area contributed by atoms with Gasteiger partial charge in [-0.25, -0.2) is 0 Å². The minimum atomic E-state index is -0.388. The summed E-state index contributed by atoms with van der Waals surface area (Å²) >= 11 is 0. The molecule has 0 unspecified atom stereocenters. The van der Waals surface area contributed by atoms with Crippen LogP contribution < -0.4 is 10.6 Å². The Kier molecular flexibility index (Phi) is 13.9. The lowest BCUT2D eigenvalue weighted by Gasteiger charge is -2.11. The zero-order chi connectivity index (χ0) is 30.2. The van der Waals surface area contributed by atoms with Crippen molar-refractivity contribution in [2.45, 2.75) is 104 Å². The minimum Gasteiger partial charge on any atom is -0.507 e. The maximum absolute atomic E-state index is 12.9. The van der Waals surface area contributed by atoms with Crippen molar-refractivity contribution < 1.29 is 19.8 Å². The summed E-state index contributed by atoms with van der Waals surface area (Å²) in [5.74, 6) is -0.884. The molecule has 3 aromatic carbocycles. The van der Waals surface area contributed by atoms with E-state index in [2.05, 4.69) is 24.5 Å². The molecule has 0 spiro atoms. The molecule has 226 valence electrons. The number of phenolic OH excluding ortho intramolecular Hbond substituents is 2. The normalized spacial score (nSPS) is 10.9. The molecule has 42 heavy (non-hydrogen) atoms. The van der Waals surface area contributed by atoms with E-state index in [-0.39, 0.29) is 34.4 Å². The first kappa shape index (κ1) is 32.7. The fourth-order valence-corrected chi connectivity index (χ4v) is 5.09. The number of rotatable bonds is 18. The molecule has 4 N–H and O–H groups in total. The highest BCUT2D eigenvalue weighted by Crippen LogP contribution is 2.24. The van der Waals surface area contributed by atoms with E-state index in [1.165, 1.54) is 51.4 Å². The molecule has 3 rings (SSSR count). The minimum absolute atomic E-state index is 0.0541. The van der Waals surface area contributed by atoms with E-state index in [1.54, 1.807) is 48.5 Å². The van der Waals surface area contributed by atoms with E-state index in [0.29, 0.717) is 11.4 Å². The van der Waals surface area contributed by atoms with Gasteiger partial charge in [0.15, 0.2) is 0 Å². The summed E-state index contributed by atoms with van der Waals surface area (Å²) < 4.78 is 0. The summed E-state index contributed by atoms with van der Waals surface area (Å²) in [6.45, 7) is 4.42. The van der Waals surface area contributed by atoms with Crippen LogP contribution in [0.4, 0.5) is 11.4 Å². The van der Waals surface area contributed by atoms with Crippen LogP contribution in [-0.2, 0) is 12.8 Å². The summed E-state index contributed by atoms with van der Waals surface area (Å²) in [5.41, 5.74) is 3.64. The summed E-state index contributed by atoms with van der Waals surface area (Å²) in [4.78, 5) is 25.8. The van der Waals surface area contributed by atoms with Crippen molar-refractivity contribution in [2.24, 2.45) is 0 Å². The summed E-state index contributed by atoms with van der Waals surface area (Å²) in [5, 5.41) is 26.3. The Morgan fingerprint density at radius 3 is 1.26 bits per heavy atom. The highest BCUT2D eigenvalue weighted by molar-refractivity contribution is 6.07. The fraction of sp³-hybridized carbons (Fsp3) is 0.444. The topological polar surface area (TPSA) is 98.7 Å². The summed E-state index contributed by atoms with van der Waals surface area (Å²) in [6, 6.07) is 17.2. The van der Waals surface area contributed by atoms with Crippen molar-refractivity contribution in [1.29, 1.82) is 0 Å². The van der Waals surface area contributed by atoms with Crippen LogP contribution in [0.1, 0.15) is 123 Å². The van der Waals surface area contributed by atoms with Crippen LogP contribution in [0.5, 0.6) is 11.5 Å². The van der Waals surface area contributed by atoms with Gasteiger partial charge in [-0.1, -0.05) is 90.2 Å². The van der Waals surface area contributed by atoms with E-state index in [0.717, 1.165) is 49.7 Å². The van der Waals surface area contributed by atoms with Crippen LogP contribution in [0.15, 0.2) is 60.7 Å². The second kappa shape index (κ2) is 17.9. The van der Waals surface area contributed by atoms with Crippen molar-refractivity contribution in [3.63, 3.8) is 0 Å². The van der Waals surface area contributed by atoms with Crippen LogP contribution in [0.25, 0.3) is 0 Å². The Hall–Kier alpha value is -3.80. The third-order valence-electron chi connectivity index (χ3n) is 7.65. The number of hydrogen-bond donors (Lipinski definition) is 4. The lowest BCUT2D eigenvalue weighted by atomic mass is 10.0. The predicted molar refractivity (Wildman–Crippen MR) is 173 cm³/mol. The molecule has 6 nitrogen and oxygen atoms in total. The zero-order valence-electron chi connectivity index (χ0n) is 25.4. The number of nitrogens with one attached hydrogen (secondary N) is 2. The average molecular weight is 573 g/mol. The fourth-order valence-electron chi connectivity index (χ4n) is 5.09.